The van der Waals surface area contributed by atoms with E-state index in [0.717, 1.165) is 26.1 Å². The van der Waals surface area contributed by atoms with Crippen molar-refractivity contribution >= 4 is 5.78 Å². The summed E-state index contributed by atoms with van der Waals surface area (Å²) < 4.78 is 0. The van der Waals surface area contributed by atoms with Gasteiger partial charge in [-0.05, 0) is 32.2 Å². The van der Waals surface area contributed by atoms with Crippen molar-refractivity contribution in [3.63, 3.8) is 0 Å². The molecule has 1 atom stereocenters. The third-order valence-corrected chi connectivity index (χ3v) is 2.62. The molecule has 1 aliphatic rings. The zero-order chi connectivity index (χ0) is 9.84. The molecule has 0 aromatic heterocycles. The van der Waals surface area contributed by atoms with E-state index in [2.05, 4.69) is 18.7 Å². The molecular weight excluding hydrogens is 162 g/mol. The van der Waals surface area contributed by atoms with Gasteiger partial charge in [0.25, 0.3) is 0 Å². The first-order chi connectivity index (χ1) is 6.09. The van der Waals surface area contributed by atoms with Crippen LogP contribution >= 0.6 is 0 Å². The number of hydrogen-bond acceptors (Lipinski definition) is 2. The molecule has 1 radical (unpaired) electrons. The van der Waals surface area contributed by atoms with Crippen LogP contribution in [0.5, 0.6) is 0 Å². The molecule has 1 rings (SSSR count). The number of likely N-dealkylation sites (tertiary alicyclic amines) is 1. The third kappa shape index (κ3) is 3.47. The van der Waals surface area contributed by atoms with Crippen molar-refractivity contribution in [2.24, 2.45) is 5.92 Å². The molecule has 0 spiro atoms. The van der Waals surface area contributed by atoms with Gasteiger partial charge >= 0.3 is 0 Å². The molecule has 0 aromatic rings. The largest absolute Gasteiger partial charge is 0.302 e. The zero-order valence-corrected chi connectivity index (χ0v) is 8.97. The van der Waals surface area contributed by atoms with Crippen LogP contribution in [-0.4, -0.2) is 30.3 Å². The van der Waals surface area contributed by atoms with Crippen molar-refractivity contribution in [2.45, 2.75) is 33.6 Å². The number of ketones is 1. The summed E-state index contributed by atoms with van der Waals surface area (Å²) in [5.74, 6) is 2.09. The topological polar surface area (TPSA) is 20.3 Å². The van der Waals surface area contributed by atoms with E-state index in [1.807, 2.05) is 0 Å². The summed E-state index contributed by atoms with van der Waals surface area (Å²) in [4.78, 5) is 13.6. The van der Waals surface area contributed by atoms with Crippen molar-refractivity contribution in [3.8, 4) is 0 Å². The van der Waals surface area contributed by atoms with Gasteiger partial charge in [0.15, 0.2) is 0 Å². The summed E-state index contributed by atoms with van der Waals surface area (Å²) >= 11 is 0. The molecule has 0 amide bonds. The number of carbonyl (C=O) groups is 1. The monoisotopic (exact) mass is 182 g/mol. The summed E-state index contributed by atoms with van der Waals surface area (Å²) in [5, 5.41) is 0. The minimum absolute atomic E-state index is 0.299. The Morgan fingerprint density at radius 2 is 2.08 bits per heavy atom. The molecule has 1 fully saturated rings. The molecule has 0 unspecified atom stereocenters. The SMILES string of the molecule is C[C](C)CN1CCC[C@H](C(C)=O)C1. The average Bonchev–Trinajstić information content (AvgIpc) is 2.03. The van der Waals surface area contributed by atoms with Gasteiger partial charge in [-0.1, -0.05) is 13.8 Å². The van der Waals surface area contributed by atoms with E-state index >= 15 is 0 Å². The van der Waals surface area contributed by atoms with Crippen LogP contribution in [0.25, 0.3) is 0 Å². The van der Waals surface area contributed by atoms with Gasteiger partial charge < -0.3 is 4.90 Å². The molecule has 1 saturated heterocycles. The van der Waals surface area contributed by atoms with Crippen molar-refractivity contribution in [1.82, 2.24) is 4.90 Å². The smallest absolute Gasteiger partial charge is 0.134 e. The Balaban J connectivity index is 2.37. The van der Waals surface area contributed by atoms with Gasteiger partial charge in [-0.2, -0.15) is 0 Å². The molecule has 0 bridgehead atoms. The normalized spacial score (nSPS) is 25.1. The second-order valence-corrected chi connectivity index (χ2v) is 4.39. The molecular formula is C11H20NO. The predicted molar refractivity (Wildman–Crippen MR) is 54.4 cm³/mol. The Morgan fingerprint density at radius 3 is 2.62 bits per heavy atom. The molecule has 75 valence electrons. The Morgan fingerprint density at radius 1 is 1.38 bits per heavy atom. The van der Waals surface area contributed by atoms with E-state index in [4.69, 9.17) is 0 Å². The lowest BCUT2D eigenvalue weighted by Gasteiger charge is -2.32. The fourth-order valence-corrected chi connectivity index (χ4v) is 1.98. The van der Waals surface area contributed by atoms with Crippen LogP contribution in [0.2, 0.25) is 0 Å². The van der Waals surface area contributed by atoms with E-state index in [9.17, 15) is 4.79 Å². The van der Waals surface area contributed by atoms with Crippen molar-refractivity contribution in [3.05, 3.63) is 5.92 Å². The first-order valence-corrected chi connectivity index (χ1v) is 5.11. The zero-order valence-electron chi connectivity index (χ0n) is 8.97. The van der Waals surface area contributed by atoms with Gasteiger partial charge in [-0.15, -0.1) is 0 Å². The summed E-state index contributed by atoms with van der Waals surface area (Å²) in [7, 11) is 0. The Bertz CT molecular complexity index is 177. The fourth-order valence-electron chi connectivity index (χ4n) is 1.98. The minimum Gasteiger partial charge on any atom is -0.302 e. The lowest BCUT2D eigenvalue weighted by molar-refractivity contribution is -0.122. The molecule has 0 N–H and O–H groups in total. The second-order valence-electron chi connectivity index (χ2n) is 4.39. The molecule has 13 heavy (non-hydrogen) atoms. The molecule has 0 aliphatic carbocycles. The van der Waals surface area contributed by atoms with Crippen molar-refractivity contribution in [2.75, 3.05) is 19.6 Å². The van der Waals surface area contributed by atoms with Crippen LogP contribution in [0.1, 0.15) is 33.6 Å². The summed E-state index contributed by atoms with van der Waals surface area (Å²) in [6.07, 6.45) is 2.27. The van der Waals surface area contributed by atoms with Crippen LogP contribution in [0, 0.1) is 11.8 Å². The number of nitrogens with zero attached hydrogens (tertiary/aromatic N) is 1. The van der Waals surface area contributed by atoms with Gasteiger partial charge in [0, 0.05) is 19.0 Å². The van der Waals surface area contributed by atoms with Crippen LogP contribution in [-0.2, 0) is 4.79 Å². The maximum atomic E-state index is 11.2. The predicted octanol–water partition coefficient (Wildman–Crippen LogP) is 1.90. The maximum Gasteiger partial charge on any atom is 0.134 e. The molecule has 1 heterocycles. The highest BCUT2D eigenvalue weighted by atomic mass is 16.1. The van der Waals surface area contributed by atoms with Gasteiger partial charge in [0.1, 0.15) is 5.78 Å². The number of Topliss-reactive ketones (excluding diaryl/α,β-unsaturated/α-hetero) is 1. The molecule has 2 nitrogen and oxygen atoms in total. The summed E-state index contributed by atoms with van der Waals surface area (Å²) in [6.45, 7) is 9.21. The Labute approximate surface area is 81.3 Å². The van der Waals surface area contributed by atoms with Crippen LogP contribution in [0.3, 0.4) is 0 Å². The van der Waals surface area contributed by atoms with Crippen molar-refractivity contribution in [1.29, 1.82) is 0 Å². The van der Waals surface area contributed by atoms with E-state index in [1.165, 1.54) is 12.3 Å². The number of carbonyl (C=O) groups excluding carboxylic acids is 1. The second kappa shape index (κ2) is 4.75. The van der Waals surface area contributed by atoms with Crippen LogP contribution < -0.4 is 0 Å². The number of rotatable bonds is 3. The van der Waals surface area contributed by atoms with Gasteiger partial charge in [-0.3, -0.25) is 4.79 Å². The Hall–Kier alpha value is -0.370. The molecule has 1 aliphatic heterocycles. The molecule has 0 saturated carbocycles. The first kappa shape index (κ1) is 10.7. The molecule has 0 aromatic carbocycles. The summed E-state index contributed by atoms with van der Waals surface area (Å²) in [5.41, 5.74) is 0. The number of hydrogen-bond donors (Lipinski definition) is 0. The minimum atomic E-state index is 0.299. The van der Waals surface area contributed by atoms with Gasteiger partial charge in [0.2, 0.25) is 0 Å². The highest BCUT2D eigenvalue weighted by molar-refractivity contribution is 5.78. The lowest BCUT2D eigenvalue weighted by atomic mass is 9.94. The number of piperidine rings is 1. The van der Waals surface area contributed by atoms with E-state index in [1.54, 1.807) is 6.92 Å². The van der Waals surface area contributed by atoms with Crippen LogP contribution in [0.15, 0.2) is 0 Å². The molecule has 2 heteroatoms. The fraction of sp³-hybridized carbons (Fsp3) is 0.818. The quantitative estimate of drug-likeness (QED) is 0.664. The van der Waals surface area contributed by atoms with Crippen LogP contribution in [0.4, 0.5) is 0 Å². The van der Waals surface area contributed by atoms with E-state index in [-0.39, 0.29) is 0 Å². The standard InChI is InChI=1S/C11H20NO/c1-9(2)7-12-6-4-5-11(8-12)10(3)13/h11H,4-8H2,1-3H3/t11-/m0/s1. The highest BCUT2D eigenvalue weighted by Crippen LogP contribution is 2.18. The summed E-state index contributed by atoms with van der Waals surface area (Å²) in [6, 6.07) is 0. The van der Waals surface area contributed by atoms with E-state index < -0.39 is 0 Å². The van der Waals surface area contributed by atoms with Gasteiger partial charge in [0.05, 0.1) is 0 Å². The van der Waals surface area contributed by atoms with Gasteiger partial charge in [-0.25, -0.2) is 0 Å². The lowest BCUT2D eigenvalue weighted by Crippen LogP contribution is -2.39. The maximum absolute atomic E-state index is 11.2. The third-order valence-electron chi connectivity index (χ3n) is 2.62. The Kier molecular flexibility index (Phi) is 3.91. The average molecular weight is 182 g/mol. The highest BCUT2D eigenvalue weighted by Gasteiger charge is 2.23. The van der Waals surface area contributed by atoms with Crippen molar-refractivity contribution < 1.29 is 4.79 Å². The first-order valence-electron chi connectivity index (χ1n) is 5.11. The van der Waals surface area contributed by atoms with E-state index in [0.29, 0.717) is 11.7 Å².